The summed E-state index contributed by atoms with van der Waals surface area (Å²) in [4.78, 5) is 14.6. The van der Waals surface area contributed by atoms with Gasteiger partial charge in [0.2, 0.25) is 0 Å². The number of nitrogens with zero attached hydrogens (tertiary/aromatic N) is 1. The van der Waals surface area contributed by atoms with Crippen LogP contribution in [0.2, 0.25) is 0 Å². The summed E-state index contributed by atoms with van der Waals surface area (Å²) in [5, 5.41) is 20.7. The summed E-state index contributed by atoms with van der Waals surface area (Å²) in [6.07, 6.45) is 2.14. The van der Waals surface area contributed by atoms with Crippen LogP contribution < -0.4 is 5.32 Å². The third kappa shape index (κ3) is 3.51. The van der Waals surface area contributed by atoms with Gasteiger partial charge in [-0.25, -0.2) is 9.78 Å². The highest BCUT2D eigenvalue weighted by atomic mass is 16.4. The van der Waals surface area contributed by atoms with E-state index in [2.05, 4.69) is 10.3 Å². The fourth-order valence-corrected chi connectivity index (χ4v) is 1.33. The number of hydrogen-bond acceptors (Lipinski definition) is 4. The first-order valence-electron chi connectivity index (χ1n) is 5.18. The number of aromatic carboxylic acids is 1. The molecule has 88 valence electrons. The van der Waals surface area contributed by atoms with Gasteiger partial charge in [-0.3, -0.25) is 0 Å². The highest BCUT2D eigenvalue weighted by Crippen LogP contribution is 2.13. The van der Waals surface area contributed by atoms with Crippen LogP contribution in [0, 0.1) is 5.92 Å². The zero-order valence-electron chi connectivity index (χ0n) is 9.18. The Morgan fingerprint density at radius 2 is 2.38 bits per heavy atom. The Bertz CT molecular complexity index is 355. The summed E-state index contributed by atoms with van der Waals surface area (Å²) >= 11 is 0. The number of nitrogens with one attached hydrogen (secondary N) is 1. The van der Waals surface area contributed by atoms with E-state index in [1.54, 1.807) is 12.1 Å². The molecule has 1 heterocycles. The van der Waals surface area contributed by atoms with Crippen molar-refractivity contribution in [2.75, 3.05) is 18.5 Å². The second kappa shape index (κ2) is 6.07. The minimum absolute atomic E-state index is 0.0266. The van der Waals surface area contributed by atoms with Crippen LogP contribution in [0.5, 0.6) is 0 Å². The van der Waals surface area contributed by atoms with E-state index >= 15 is 0 Å². The maximum absolute atomic E-state index is 10.8. The summed E-state index contributed by atoms with van der Waals surface area (Å²) in [7, 11) is 0. The van der Waals surface area contributed by atoms with Gasteiger partial charge in [0.25, 0.3) is 0 Å². The van der Waals surface area contributed by atoms with Crippen molar-refractivity contribution in [3.05, 3.63) is 24.0 Å². The predicted molar refractivity (Wildman–Crippen MR) is 60.6 cm³/mol. The summed E-state index contributed by atoms with van der Waals surface area (Å²) in [5.74, 6) is -0.759. The van der Waals surface area contributed by atoms with Gasteiger partial charge in [0.05, 0.1) is 5.69 Å². The molecule has 0 aliphatic rings. The van der Waals surface area contributed by atoms with Crippen molar-refractivity contribution in [3.8, 4) is 0 Å². The molecule has 0 fully saturated rings. The van der Waals surface area contributed by atoms with Crippen LogP contribution in [0.25, 0.3) is 0 Å². The van der Waals surface area contributed by atoms with Gasteiger partial charge in [0, 0.05) is 19.3 Å². The Morgan fingerprint density at radius 3 is 3.00 bits per heavy atom. The molecule has 0 aliphatic heterocycles. The van der Waals surface area contributed by atoms with Crippen LogP contribution in [0.4, 0.5) is 5.69 Å². The van der Waals surface area contributed by atoms with Gasteiger partial charge in [-0.15, -0.1) is 0 Å². The summed E-state index contributed by atoms with van der Waals surface area (Å²) in [6, 6.07) is 3.37. The monoisotopic (exact) mass is 224 g/mol. The maximum atomic E-state index is 10.8. The van der Waals surface area contributed by atoms with Gasteiger partial charge in [0.1, 0.15) is 0 Å². The van der Waals surface area contributed by atoms with Gasteiger partial charge in [0.15, 0.2) is 5.69 Å². The number of carboxylic acid groups (broad SMARTS) is 1. The molecule has 0 bridgehead atoms. The first-order chi connectivity index (χ1) is 7.65. The van der Waals surface area contributed by atoms with E-state index in [0.717, 1.165) is 0 Å². The molecule has 0 spiro atoms. The van der Waals surface area contributed by atoms with Crippen LogP contribution in [0.15, 0.2) is 18.3 Å². The third-order valence-electron chi connectivity index (χ3n) is 2.27. The number of aliphatic hydroxyl groups excluding tert-OH is 1. The molecule has 1 rings (SSSR count). The van der Waals surface area contributed by atoms with Crippen LogP contribution in [-0.4, -0.2) is 34.3 Å². The Labute approximate surface area is 94.1 Å². The summed E-state index contributed by atoms with van der Waals surface area (Å²) < 4.78 is 0. The van der Waals surface area contributed by atoms with Gasteiger partial charge in [-0.2, -0.15) is 0 Å². The zero-order valence-corrected chi connectivity index (χ0v) is 9.18. The molecule has 16 heavy (non-hydrogen) atoms. The van der Waals surface area contributed by atoms with E-state index in [0.29, 0.717) is 18.7 Å². The molecule has 0 amide bonds. The molecular formula is C11H16N2O3. The molecule has 1 aromatic rings. The molecule has 1 unspecified atom stereocenters. The summed E-state index contributed by atoms with van der Waals surface area (Å²) in [6.45, 7) is 2.74. The van der Waals surface area contributed by atoms with Crippen LogP contribution in [0.1, 0.15) is 23.8 Å². The minimum Gasteiger partial charge on any atom is -0.476 e. The first-order valence-corrected chi connectivity index (χ1v) is 5.18. The Kier molecular flexibility index (Phi) is 4.72. The topological polar surface area (TPSA) is 82.5 Å². The molecule has 0 saturated heterocycles. The Morgan fingerprint density at radius 1 is 1.62 bits per heavy atom. The van der Waals surface area contributed by atoms with Crippen LogP contribution in [-0.2, 0) is 0 Å². The Balaban J connectivity index is 2.63. The lowest BCUT2D eigenvalue weighted by molar-refractivity contribution is 0.0691. The van der Waals surface area contributed by atoms with Crippen molar-refractivity contribution in [2.45, 2.75) is 13.3 Å². The largest absolute Gasteiger partial charge is 0.476 e. The maximum Gasteiger partial charge on any atom is 0.356 e. The highest BCUT2D eigenvalue weighted by Gasteiger charge is 2.11. The smallest absolute Gasteiger partial charge is 0.356 e. The van der Waals surface area contributed by atoms with E-state index in [1.807, 2.05) is 6.92 Å². The van der Waals surface area contributed by atoms with Crippen LogP contribution in [0.3, 0.4) is 0 Å². The number of anilines is 1. The van der Waals surface area contributed by atoms with E-state index in [1.165, 1.54) is 6.20 Å². The van der Waals surface area contributed by atoms with Gasteiger partial charge in [-0.1, -0.05) is 6.92 Å². The highest BCUT2D eigenvalue weighted by molar-refractivity contribution is 5.91. The second-order valence-corrected chi connectivity index (χ2v) is 3.70. The van der Waals surface area contributed by atoms with Crippen molar-refractivity contribution in [2.24, 2.45) is 5.92 Å². The molecule has 1 atom stereocenters. The summed E-state index contributed by atoms with van der Waals surface area (Å²) in [5.41, 5.74) is 0.540. The number of carboxylic acids is 1. The number of carbonyl (C=O) groups is 1. The van der Waals surface area contributed by atoms with Gasteiger partial charge < -0.3 is 15.5 Å². The van der Waals surface area contributed by atoms with Crippen molar-refractivity contribution < 1.29 is 15.0 Å². The lowest BCUT2D eigenvalue weighted by atomic mass is 10.1. The molecule has 0 aliphatic carbocycles. The zero-order chi connectivity index (χ0) is 12.0. The van der Waals surface area contributed by atoms with Gasteiger partial charge >= 0.3 is 5.97 Å². The molecule has 5 heteroatoms. The molecule has 5 nitrogen and oxygen atoms in total. The lowest BCUT2D eigenvalue weighted by Crippen LogP contribution is -2.15. The second-order valence-electron chi connectivity index (χ2n) is 3.70. The number of pyridine rings is 1. The van der Waals surface area contributed by atoms with Crippen LogP contribution >= 0.6 is 0 Å². The molecule has 1 aromatic heterocycles. The molecule has 0 aromatic carbocycles. The van der Waals surface area contributed by atoms with Crippen molar-refractivity contribution in [1.29, 1.82) is 0 Å². The molecule has 0 radical (unpaired) electrons. The predicted octanol–water partition coefficient (Wildman–Crippen LogP) is 1.21. The van der Waals surface area contributed by atoms with Gasteiger partial charge in [-0.05, 0) is 24.5 Å². The quantitative estimate of drug-likeness (QED) is 0.676. The third-order valence-corrected chi connectivity index (χ3v) is 2.27. The number of aromatic nitrogens is 1. The van der Waals surface area contributed by atoms with Crippen molar-refractivity contribution in [1.82, 2.24) is 4.98 Å². The van der Waals surface area contributed by atoms with E-state index < -0.39 is 5.97 Å². The lowest BCUT2D eigenvalue weighted by Gasteiger charge is -2.13. The normalized spacial score (nSPS) is 12.1. The first kappa shape index (κ1) is 12.4. The standard InChI is InChI=1S/C11H16N2O3/c1-8(4-6-14)7-13-9-3-2-5-12-10(9)11(15)16/h2-3,5,8,13-14H,4,6-7H2,1H3,(H,15,16). The van der Waals surface area contributed by atoms with Crippen molar-refractivity contribution >= 4 is 11.7 Å². The minimum atomic E-state index is -1.04. The Hall–Kier alpha value is -1.62. The molecule has 3 N–H and O–H groups in total. The van der Waals surface area contributed by atoms with E-state index in [-0.39, 0.29) is 18.2 Å². The fourth-order valence-electron chi connectivity index (χ4n) is 1.33. The fraction of sp³-hybridized carbons (Fsp3) is 0.455. The SMILES string of the molecule is CC(CCO)CNc1cccnc1C(=O)O. The van der Waals surface area contributed by atoms with E-state index in [9.17, 15) is 4.79 Å². The average molecular weight is 224 g/mol. The number of aliphatic hydroxyl groups is 1. The van der Waals surface area contributed by atoms with E-state index in [4.69, 9.17) is 10.2 Å². The molecule has 0 saturated carbocycles. The average Bonchev–Trinajstić information content (AvgIpc) is 2.27. The molecular weight excluding hydrogens is 208 g/mol. The number of rotatable bonds is 6. The van der Waals surface area contributed by atoms with Crippen molar-refractivity contribution in [3.63, 3.8) is 0 Å². The number of hydrogen-bond donors (Lipinski definition) is 3.